The van der Waals surface area contributed by atoms with Crippen molar-refractivity contribution in [3.63, 3.8) is 0 Å². The Hall–Kier alpha value is -3.88. The molecular formula is C21H18FN7O. The molecule has 150 valence electrons. The number of halogens is 1. The van der Waals surface area contributed by atoms with Gasteiger partial charge in [0.1, 0.15) is 17.1 Å². The van der Waals surface area contributed by atoms with Gasteiger partial charge in [0.05, 0.1) is 11.0 Å². The third kappa shape index (κ3) is 3.04. The second-order valence-electron chi connectivity index (χ2n) is 7.35. The zero-order valence-corrected chi connectivity index (χ0v) is 16.6. The Balaban J connectivity index is 1.72. The van der Waals surface area contributed by atoms with Crippen LogP contribution in [0.2, 0.25) is 0 Å². The fraction of sp³-hybridized carbons (Fsp3) is 0.190. The van der Waals surface area contributed by atoms with E-state index in [0.29, 0.717) is 45.1 Å². The Morgan fingerprint density at radius 2 is 1.90 bits per heavy atom. The molecule has 2 aromatic carbocycles. The van der Waals surface area contributed by atoms with Crippen LogP contribution in [0.4, 0.5) is 10.2 Å². The van der Waals surface area contributed by atoms with E-state index in [4.69, 9.17) is 14.4 Å². The van der Waals surface area contributed by atoms with Crippen LogP contribution in [0.1, 0.15) is 13.8 Å². The number of rotatable bonds is 4. The highest BCUT2D eigenvalue weighted by molar-refractivity contribution is 5.88. The number of benzene rings is 2. The first-order valence-electron chi connectivity index (χ1n) is 9.48. The lowest BCUT2D eigenvalue weighted by Crippen LogP contribution is -2.27. The van der Waals surface area contributed by atoms with Gasteiger partial charge in [-0.05, 0) is 66.7 Å². The molecule has 0 spiro atoms. The summed E-state index contributed by atoms with van der Waals surface area (Å²) in [6, 6.07) is 12.0. The van der Waals surface area contributed by atoms with Gasteiger partial charge in [-0.1, -0.05) is 0 Å². The third-order valence-electron chi connectivity index (χ3n) is 5.09. The second-order valence-corrected chi connectivity index (χ2v) is 7.35. The van der Waals surface area contributed by atoms with Crippen LogP contribution in [-0.4, -0.2) is 43.7 Å². The van der Waals surface area contributed by atoms with Gasteiger partial charge in [0.25, 0.3) is 0 Å². The van der Waals surface area contributed by atoms with Crippen molar-refractivity contribution in [1.29, 1.82) is 0 Å². The van der Waals surface area contributed by atoms with Crippen molar-refractivity contribution in [1.82, 2.24) is 30.6 Å². The van der Waals surface area contributed by atoms with Crippen molar-refractivity contribution in [3.05, 3.63) is 48.3 Å². The van der Waals surface area contributed by atoms with Crippen molar-refractivity contribution < 1.29 is 8.81 Å². The Bertz CT molecular complexity index is 1360. The van der Waals surface area contributed by atoms with Crippen molar-refractivity contribution >= 4 is 27.8 Å². The minimum absolute atomic E-state index is 0.180. The van der Waals surface area contributed by atoms with E-state index in [1.807, 2.05) is 30.1 Å². The van der Waals surface area contributed by atoms with E-state index in [1.165, 1.54) is 12.1 Å². The van der Waals surface area contributed by atoms with E-state index >= 15 is 0 Å². The van der Waals surface area contributed by atoms with E-state index < -0.39 is 0 Å². The molecule has 0 aliphatic heterocycles. The number of nitrogens with one attached hydrogen (secondary N) is 1. The van der Waals surface area contributed by atoms with Gasteiger partial charge in [0.2, 0.25) is 0 Å². The summed E-state index contributed by atoms with van der Waals surface area (Å²) in [7, 11) is 1.95. The Kier molecular flexibility index (Phi) is 4.16. The average molecular weight is 403 g/mol. The van der Waals surface area contributed by atoms with Crippen LogP contribution < -0.4 is 4.90 Å². The minimum atomic E-state index is -0.312. The molecule has 0 aliphatic carbocycles. The maximum Gasteiger partial charge on any atom is 0.179 e. The first-order valence-corrected chi connectivity index (χ1v) is 9.48. The summed E-state index contributed by atoms with van der Waals surface area (Å²) < 4.78 is 19.6. The number of aromatic amines is 1. The highest BCUT2D eigenvalue weighted by atomic mass is 19.1. The quantitative estimate of drug-likeness (QED) is 0.480. The molecule has 0 radical (unpaired) electrons. The van der Waals surface area contributed by atoms with Gasteiger partial charge >= 0.3 is 0 Å². The van der Waals surface area contributed by atoms with E-state index in [0.717, 1.165) is 5.56 Å². The Morgan fingerprint density at radius 1 is 1.03 bits per heavy atom. The summed E-state index contributed by atoms with van der Waals surface area (Å²) in [6.45, 7) is 4.14. The maximum atomic E-state index is 13.6. The van der Waals surface area contributed by atoms with Crippen molar-refractivity contribution in [3.8, 4) is 22.8 Å². The third-order valence-corrected chi connectivity index (χ3v) is 5.09. The number of nitrogens with zero attached hydrogens (tertiary/aromatic N) is 6. The number of fused-ring (bicyclic) bond motifs is 2. The normalized spacial score (nSPS) is 11.6. The van der Waals surface area contributed by atoms with Crippen LogP contribution in [0, 0.1) is 5.82 Å². The molecule has 0 aliphatic rings. The molecule has 9 heteroatoms. The molecule has 0 bridgehead atoms. The summed E-state index contributed by atoms with van der Waals surface area (Å²) in [5.74, 6) is 1.45. The van der Waals surface area contributed by atoms with Crippen LogP contribution in [0.5, 0.6) is 0 Å². The van der Waals surface area contributed by atoms with E-state index in [2.05, 4.69) is 34.5 Å². The van der Waals surface area contributed by atoms with Gasteiger partial charge in [0.15, 0.2) is 17.4 Å². The summed E-state index contributed by atoms with van der Waals surface area (Å²) in [4.78, 5) is 11.7. The molecule has 30 heavy (non-hydrogen) atoms. The molecular weight excluding hydrogens is 385 g/mol. The second kappa shape index (κ2) is 6.87. The van der Waals surface area contributed by atoms with E-state index in [-0.39, 0.29) is 11.9 Å². The predicted molar refractivity (Wildman–Crippen MR) is 111 cm³/mol. The molecule has 0 atom stereocenters. The Labute approximate surface area is 170 Å². The van der Waals surface area contributed by atoms with Crippen molar-refractivity contribution in [2.24, 2.45) is 0 Å². The number of hydrogen-bond acceptors (Lipinski definition) is 7. The monoisotopic (exact) mass is 403 g/mol. The number of aromatic nitrogens is 6. The minimum Gasteiger partial charge on any atom is -0.454 e. The summed E-state index contributed by atoms with van der Waals surface area (Å²) in [5.41, 5.74) is 3.42. The maximum absolute atomic E-state index is 13.6. The molecule has 0 fully saturated rings. The summed E-state index contributed by atoms with van der Waals surface area (Å²) in [6.07, 6.45) is 0. The lowest BCUT2D eigenvalue weighted by atomic mass is 10.1. The molecule has 5 rings (SSSR count). The van der Waals surface area contributed by atoms with Crippen LogP contribution in [0.15, 0.2) is 46.9 Å². The first-order chi connectivity index (χ1) is 14.5. The zero-order chi connectivity index (χ0) is 20.8. The van der Waals surface area contributed by atoms with E-state index in [9.17, 15) is 4.39 Å². The number of furan rings is 1. The standard InChI is InChI=1S/C21H18FN7O/c1-11(2)29(3)21-19(18-10-13-8-14(22)5-7-17(13)30-18)23-15-6-4-12(9-16(15)24-21)20-25-27-28-26-20/h4-11H,1-3H3,(H,25,26,27,28). The van der Waals surface area contributed by atoms with E-state index in [1.54, 1.807) is 12.1 Å². The van der Waals surface area contributed by atoms with Crippen LogP contribution in [0.25, 0.3) is 44.8 Å². The smallest absolute Gasteiger partial charge is 0.179 e. The van der Waals surface area contributed by atoms with Crippen LogP contribution in [0.3, 0.4) is 0 Å². The number of anilines is 1. The molecule has 0 amide bonds. The van der Waals surface area contributed by atoms with Gasteiger partial charge in [-0.3, -0.25) is 0 Å². The lowest BCUT2D eigenvalue weighted by molar-refractivity contribution is 0.617. The first kappa shape index (κ1) is 18.2. The largest absolute Gasteiger partial charge is 0.454 e. The van der Waals surface area contributed by atoms with Gasteiger partial charge in [-0.15, -0.1) is 5.10 Å². The topological polar surface area (TPSA) is 96.6 Å². The molecule has 3 heterocycles. The fourth-order valence-corrected chi connectivity index (χ4v) is 3.26. The van der Waals surface area contributed by atoms with Crippen molar-refractivity contribution in [2.75, 3.05) is 11.9 Å². The predicted octanol–water partition coefficient (Wildman–Crippen LogP) is 4.21. The lowest BCUT2D eigenvalue weighted by Gasteiger charge is -2.24. The number of tetrazole rings is 1. The average Bonchev–Trinajstić information content (AvgIpc) is 3.41. The van der Waals surface area contributed by atoms with Gasteiger partial charge in [-0.25, -0.2) is 19.5 Å². The molecule has 8 nitrogen and oxygen atoms in total. The fourth-order valence-electron chi connectivity index (χ4n) is 3.26. The zero-order valence-electron chi connectivity index (χ0n) is 16.6. The molecule has 5 aromatic rings. The SMILES string of the molecule is CC(C)N(C)c1nc2cc(-c3nnn[nH]3)ccc2nc1-c1cc2cc(F)ccc2o1. The summed E-state index contributed by atoms with van der Waals surface area (Å²) >= 11 is 0. The van der Waals surface area contributed by atoms with Gasteiger partial charge in [0, 0.05) is 24.0 Å². The van der Waals surface area contributed by atoms with Crippen LogP contribution in [-0.2, 0) is 0 Å². The molecule has 0 unspecified atom stereocenters. The molecule has 0 saturated carbocycles. The summed E-state index contributed by atoms with van der Waals surface area (Å²) in [5, 5.41) is 14.6. The van der Waals surface area contributed by atoms with Crippen molar-refractivity contribution in [2.45, 2.75) is 19.9 Å². The highest BCUT2D eigenvalue weighted by Gasteiger charge is 2.20. The highest BCUT2D eigenvalue weighted by Crippen LogP contribution is 2.34. The molecule has 0 saturated heterocycles. The van der Waals surface area contributed by atoms with Gasteiger partial charge in [-0.2, -0.15) is 0 Å². The number of hydrogen-bond donors (Lipinski definition) is 1. The molecule has 1 N–H and O–H groups in total. The molecule has 3 aromatic heterocycles. The Morgan fingerprint density at radius 3 is 2.67 bits per heavy atom. The van der Waals surface area contributed by atoms with Crippen LogP contribution >= 0.6 is 0 Å². The number of H-pyrrole nitrogens is 1. The van der Waals surface area contributed by atoms with Gasteiger partial charge < -0.3 is 9.32 Å².